The van der Waals surface area contributed by atoms with Crippen molar-refractivity contribution in [3.63, 3.8) is 0 Å². The summed E-state index contributed by atoms with van der Waals surface area (Å²) >= 11 is 0. The summed E-state index contributed by atoms with van der Waals surface area (Å²) in [5.74, 6) is -0.582. The van der Waals surface area contributed by atoms with Crippen molar-refractivity contribution in [1.29, 1.82) is 0 Å². The van der Waals surface area contributed by atoms with Crippen LogP contribution in [0.4, 0.5) is 5.95 Å². The number of aromatic nitrogens is 4. The van der Waals surface area contributed by atoms with Crippen molar-refractivity contribution in [2.75, 3.05) is 19.0 Å². The van der Waals surface area contributed by atoms with Gasteiger partial charge in [-0.15, -0.1) is 0 Å². The van der Waals surface area contributed by atoms with E-state index in [0.29, 0.717) is 0 Å². The molecule has 1 aliphatic heterocycles. The number of anilines is 1. The van der Waals surface area contributed by atoms with Crippen molar-refractivity contribution in [1.82, 2.24) is 19.5 Å². The van der Waals surface area contributed by atoms with Gasteiger partial charge in [0.1, 0.15) is 18.3 Å². The van der Waals surface area contributed by atoms with Gasteiger partial charge in [0, 0.05) is 19.6 Å². The Balaban J connectivity index is 2.01. The first-order valence-corrected chi connectivity index (χ1v) is 8.21. The normalized spacial score (nSPS) is 25.9. The summed E-state index contributed by atoms with van der Waals surface area (Å²) in [5, 5.41) is 13.0. The zero-order valence-corrected chi connectivity index (χ0v) is 14.7. The van der Waals surface area contributed by atoms with Crippen LogP contribution in [0.5, 0.6) is 0 Å². The van der Waals surface area contributed by atoms with Gasteiger partial charge in [-0.3, -0.25) is 24.5 Å². The van der Waals surface area contributed by atoms with Crippen LogP contribution < -0.4 is 16.6 Å². The van der Waals surface area contributed by atoms with Crippen molar-refractivity contribution in [3.05, 3.63) is 16.7 Å². The predicted molar refractivity (Wildman–Crippen MR) is 91.4 cm³/mol. The first-order chi connectivity index (χ1) is 12.4. The molecule has 0 bridgehead atoms. The zero-order valence-electron chi connectivity index (χ0n) is 14.7. The van der Waals surface area contributed by atoms with Crippen molar-refractivity contribution in [3.8, 4) is 0 Å². The second-order valence-electron chi connectivity index (χ2n) is 6.37. The SMILES string of the molecule is CO[C@H]1[C@@H](O)[C@H](n2cnc3c(=O)[nH]c(NC(=O)C(C)C)nc32)O[C@@H]1CN. The monoisotopic (exact) mass is 366 g/mol. The molecule has 1 saturated heterocycles. The van der Waals surface area contributed by atoms with E-state index in [1.165, 1.54) is 18.0 Å². The number of aliphatic hydroxyl groups is 1. The van der Waals surface area contributed by atoms with Crippen LogP contribution in [0, 0.1) is 5.92 Å². The molecule has 1 amide bonds. The topological polar surface area (TPSA) is 157 Å². The highest BCUT2D eigenvalue weighted by Crippen LogP contribution is 2.32. The van der Waals surface area contributed by atoms with Gasteiger partial charge in [0.05, 0.1) is 6.33 Å². The number of nitrogens with one attached hydrogen (secondary N) is 2. The Morgan fingerprint density at radius 2 is 2.31 bits per heavy atom. The van der Waals surface area contributed by atoms with E-state index in [0.717, 1.165) is 0 Å². The summed E-state index contributed by atoms with van der Waals surface area (Å²) in [6, 6.07) is 0. The van der Waals surface area contributed by atoms with Crippen LogP contribution >= 0.6 is 0 Å². The van der Waals surface area contributed by atoms with Crippen LogP contribution in [-0.4, -0.2) is 62.5 Å². The van der Waals surface area contributed by atoms with Crippen LogP contribution in [0.2, 0.25) is 0 Å². The Kier molecular flexibility index (Phi) is 5.05. The third-order valence-electron chi connectivity index (χ3n) is 4.29. The highest BCUT2D eigenvalue weighted by Gasteiger charge is 2.45. The van der Waals surface area contributed by atoms with Gasteiger partial charge in [-0.25, -0.2) is 4.98 Å². The molecule has 0 spiro atoms. The highest BCUT2D eigenvalue weighted by atomic mass is 16.6. The van der Waals surface area contributed by atoms with Gasteiger partial charge in [0.2, 0.25) is 11.9 Å². The summed E-state index contributed by atoms with van der Waals surface area (Å²) in [6.45, 7) is 3.59. The standard InChI is InChI=1S/C15H22N6O5/c1-6(2)12(23)19-15-18-11-8(13(24)20-15)17-5-21(11)14-9(22)10(25-3)7(4-16)26-14/h5-7,9-10,14,22H,4,16H2,1-3H3,(H2,18,19,20,23,24)/t7-,9-,10-,14-/m1/s1. The van der Waals surface area contributed by atoms with Crippen LogP contribution in [-0.2, 0) is 14.3 Å². The number of rotatable bonds is 5. The number of carbonyl (C=O) groups is 1. The fraction of sp³-hybridized carbons (Fsp3) is 0.600. The maximum absolute atomic E-state index is 12.2. The number of nitrogens with zero attached hydrogens (tertiary/aromatic N) is 3. The summed E-state index contributed by atoms with van der Waals surface area (Å²) in [6.07, 6.45) is -1.69. The molecule has 11 nitrogen and oxygen atoms in total. The van der Waals surface area contributed by atoms with Gasteiger partial charge >= 0.3 is 0 Å². The first kappa shape index (κ1) is 18.5. The Labute approximate surface area is 148 Å². The van der Waals surface area contributed by atoms with Crippen LogP contribution in [0.25, 0.3) is 11.2 Å². The summed E-state index contributed by atoms with van der Waals surface area (Å²) < 4.78 is 12.5. The Hall–Kier alpha value is -2.34. The van der Waals surface area contributed by atoms with E-state index in [-0.39, 0.29) is 35.5 Å². The third kappa shape index (κ3) is 3.09. The molecular formula is C15H22N6O5. The molecule has 0 aromatic carbocycles. The van der Waals surface area contributed by atoms with E-state index in [1.807, 2.05) is 0 Å². The second-order valence-corrected chi connectivity index (χ2v) is 6.37. The van der Waals surface area contributed by atoms with Gasteiger partial charge in [-0.1, -0.05) is 13.8 Å². The van der Waals surface area contributed by atoms with Crippen molar-refractivity contribution < 1.29 is 19.4 Å². The number of hydrogen-bond donors (Lipinski definition) is 4. The van der Waals surface area contributed by atoms with Crippen LogP contribution in [0.1, 0.15) is 20.1 Å². The molecule has 26 heavy (non-hydrogen) atoms. The van der Waals surface area contributed by atoms with E-state index in [1.54, 1.807) is 13.8 Å². The molecule has 3 rings (SSSR count). The highest BCUT2D eigenvalue weighted by molar-refractivity contribution is 5.91. The summed E-state index contributed by atoms with van der Waals surface area (Å²) in [4.78, 5) is 34.8. The van der Waals surface area contributed by atoms with Crippen molar-refractivity contribution in [2.24, 2.45) is 11.7 Å². The number of carbonyl (C=O) groups excluding carboxylic acids is 1. The minimum atomic E-state index is -1.03. The number of aliphatic hydroxyl groups excluding tert-OH is 1. The molecule has 1 fully saturated rings. The predicted octanol–water partition coefficient (Wildman–Crippen LogP) is -1.05. The number of aromatic amines is 1. The number of nitrogens with two attached hydrogens (primary N) is 1. The second kappa shape index (κ2) is 7.11. The number of ether oxygens (including phenoxy) is 2. The number of amides is 1. The summed E-state index contributed by atoms with van der Waals surface area (Å²) in [7, 11) is 1.46. The quantitative estimate of drug-likeness (QED) is 0.522. The number of fused-ring (bicyclic) bond motifs is 1. The van der Waals surface area contributed by atoms with E-state index < -0.39 is 30.1 Å². The van der Waals surface area contributed by atoms with Gasteiger partial charge in [0.25, 0.3) is 5.56 Å². The van der Waals surface area contributed by atoms with Gasteiger partial charge in [-0.05, 0) is 0 Å². The number of methoxy groups -OCH3 is 1. The van der Waals surface area contributed by atoms with E-state index >= 15 is 0 Å². The molecular weight excluding hydrogens is 344 g/mol. The molecule has 0 aliphatic carbocycles. The van der Waals surface area contributed by atoms with Gasteiger partial charge in [0.15, 0.2) is 17.4 Å². The van der Waals surface area contributed by atoms with E-state index in [2.05, 4.69) is 20.3 Å². The number of hydrogen-bond acceptors (Lipinski definition) is 8. The van der Waals surface area contributed by atoms with Gasteiger partial charge < -0.3 is 20.3 Å². The number of H-pyrrole nitrogens is 1. The molecule has 0 saturated carbocycles. The lowest BCUT2D eigenvalue weighted by atomic mass is 10.1. The van der Waals surface area contributed by atoms with Crippen LogP contribution in [0.3, 0.4) is 0 Å². The Morgan fingerprint density at radius 3 is 2.88 bits per heavy atom. The molecule has 142 valence electrons. The van der Waals surface area contributed by atoms with Crippen molar-refractivity contribution in [2.45, 2.75) is 38.4 Å². The minimum absolute atomic E-state index is 0.00546. The minimum Gasteiger partial charge on any atom is -0.386 e. The largest absolute Gasteiger partial charge is 0.386 e. The molecule has 11 heteroatoms. The molecule has 0 unspecified atom stereocenters. The molecule has 4 atom stereocenters. The van der Waals surface area contributed by atoms with Gasteiger partial charge in [-0.2, -0.15) is 4.98 Å². The molecule has 1 aliphatic rings. The smallest absolute Gasteiger partial charge is 0.280 e. The lowest BCUT2D eigenvalue weighted by Gasteiger charge is -2.18. The molecule has 0 radical (unpaired) electrons. The molecule has 2 aromatic rings. The first-order valence-electron chi connectivity index (χ1n) is 8.21. The van der Waals surface area contributed by atoms with Crippen molar-refractivity contribution >= 4 is 23.0 Å². The maximum atomic E-state index is 12.2. The molecule has 2 aromatic heterocycles. The average Bonchev–Trinajstić information content (AvgIpc) is 3.15. The van der Waals surface area contributed by atoms with Crippen LogP contribution in [0.15, 0.2) is 11.1 Å². The lowest BCUT2D eigenvalue weighted by molar-refractivity contribution is -0.118. The zero-order chi connectivity index (χ0) is 19.0. The molecule has 3 heterocycles. The fourth-order valence-corrected chi connectivity index (χ4v) is 2.86. The third-order valence-corrected chi connectivity index (χ3v) is 4.29. The number of imidazole rings is 1. The fourth-order valence-electron chi connectivity index (χ4n) is 2.86. The Morgan fingerprint density at radius 1 is 1.58 bits per heavy atom. The molecule has 5 N–H and O–H groups in total. The summed E-state index contributed by atoms with van der Waals surface area (Å²) in [5.41, 5.74) is 5.38. The van der Waals surface area contributed by atoms with E-state index in [9.17, 15) is 14.7 Å². The maximum Gasteiger partial charge on any atom is 0.280 e. The van der Waals surface area contributed by atoms with E-state index in [4.69, 9.17) is 15.2 Å². The average molecular weight is 366 g/mol. The Bertz CT molecular complexity index is 862. The lowest BCUT2D eigenvalue weighted by Crippen LogP contribution is -2.37.